The van der Waals surface area contributed by atoms with Gasteiger partial charge in [-0.1, -0.05) is 6.92 Å². The van der Waals surface area contributed by atoms with Crippen LogP contribution in [-0.4, -0.2) is 49.1 Å². The third-order valence-electron chi connectivity index (χ3n) is 2.45. The highest BCUT2D eigenvalue weighted by Crippen LogP contribution is 2.20. The Hall–Kier alpha value is 0.220. The van der Waals surface area contributed by atoms with Gasteiger partial charge in [-0.3, -0.25) is 0 Å². The van der Waals surface area contributed by atoms with Crippen LogP contribution >= 0.6 is 11.8 Å². The Labute approximate surface area is 96.6 Å². The van der Waals surface area contributed by atoms with Gasteiger partial charge in [0.2, 0.25) is 10.0 Å². The molecule has 0 amide bonds. The fourth-order valence-corrected chi connectivity index (χ4v) is 4.47. The molecule has 90 valence electrons. The first-order valence-electron chi connectivity index (χ1n) is 5.36. The van der Waals surface area contributed by atoms with Gasteiger partial charge < -0.3 is 5.73 Å². The van der Waals surface area contributed by atoms with Crippen molar-refractivity contribution in [1.29, 1.82) is 0 Å². The van der Waals surface area contributed by atoms with Crippen LogP contribution in [0.2, 0.25) is 0 Å². The van der Waals surface area contributed by atoms with Crippen molar-refractivity contribution in [3.63, 3.8) is 0 Å². The van der Waals surface area contributed by atoms with Crippen LogP contribution in [0.25, 0.3) is 0 Å². The molecule has 1 unspecified atom stereocenters. The van der Waals surface area contributed by atoms with Gasteiger partial charge in [0.25, 0.3) is 0 Å². The molecule has 2 N–H and O–H groups in total. The van der Waals surface area contributed by atoms with Gasteiger partial charge in [0, 0.05) is 24.1 Å². The Kier molecular flexibility index (Phi) is 5.38. The van der Waals surface area contributed by atoms with Crippen molar-refractivity contribution < 1.29 is 8.42 Å². The van der Waals surface area contributed by atoms with E-state index in [4.69, 9.17) is 5.73 Å². The smallest absolute Gasteiger partial charge is 0.214 e. The number of rotatable bonds is 5. The van der Waals surface area contributed by atoms with Crippen LogP contribution in [0.15, 0.2) is 0 Å². The van der Waals surface area contributed by atoms with Crippen LogP contribution in [-0.2, 0) is 10.0 Å². The molecule has 0 aromatic rings. The first kappa shape index (κ1) is 13.3. The number of nitrogens with zero attached hydrogens (tertiary/aromatic N) is 1. The van der Waals surface area contributed by atoms with E-state index in [9.17, 15) is 8.42 Å². The summed E-state index contributed by atoms with van der Waals surface area (Å²) in [7, 11) is -3.02. The van der Waals surface area contributed by atoms with Crippen LogP contribution < -0.4 is 5.73 Å². The lowest BCUT2D eigenvalue weighted by Crippen LogP contribution is -2.42. The summed E-state index contributed by atoms with van der Waals surface area (Å²) in [6.45, 7) is 3.98. The Bertz CT molecular complexity index is 280. The molecule has 0 aromatic heterocycles. The van der Waals surface area contributed by atoms with Crippen molar-refractivity contribution in [2.75, 3.05) is 31.1 Å². The summed E-state index contributed by atoms with van der Waals surface area (Å²) in [5.74, 6) is 1.17. The summed E-state index contributed by atoms with van der Waals surface area (Å²) < 4.78 is 25.4. The molecule has 0 saturated carbocycles. The predicted molar refractivity (Wildman–Crippen MR) is 65.6 cm³/mol. The average Bonchev–Trinajstić information content (AvgIpc) is 2.18. The molecule has 0 bridgehead atoms. The van der Waals surface area contributed by atoms with Gasteiger partial charge in [-0.25, -0.2) is 12.7 Å². The van der Waals surface area contributed by atoms with Gasteiger partial charge in [-0.15, -0.1) is 0 Å². The molecule has 1 aliphatic rings. The summed E-state index contributed by atoms with van der Waals surface area (Å²) in [5, 5.41) is 0.419. The molecule has 0 aliphatic carbocycles. The molecule has 0 aromatic carbocycles. The quantitative estimate of drug-likeness (QED) is 0.723. The molecule has 1 heterocycles. The minimum atomic E-state index is -3.02. The number of thioether (sulfide) groups is 1. The van der Waals surface area contributed by atoms with Crippen LogP contribution in [0.5, 0.6) is 0 Å². The molecule has 0 spiro atoms. The SMILES string of the molecule is CC1CN(S(=O)(=O)CCCCN)CCS1. The molecule has 0 radical (unpaired) electrons. The Balaban J connectivity index is 2.45. The number of hydrogen-bond acceptors (Lipinski definition) is 4. The number of hydrogen-bond donors (Lipinski definition) is 1. The molecule has 15 heavy (non-hydrogen) atoms. The van der Waals surface area contributed by atoms with Gasteiger partial charge in [-0.05, 0) is 19.4 Å². The Morgan fingerprint density at radius 1 is 1.47 bits per heavy atom. The molecule has 6 heteroatoms. The highest BCUT2D eigenvalue weighted by atomic mass is 32.2. The second-order valence-electron chi connectivity index (χ2n) is 3.85. The fraction of sp³-hybridized carbons (Fsp3) is 1.00. The molecule has 4 nitrogen and oxygen atoms in total. The monoisotopic (exact) mass is 252 g/mol. The second kappa shape index (κ2) is 6.08. The molecular formula is C9H20N2O2S2. The minimum absolute atomic E-state index is 0.252. The largest absolute Gasteiger partial charge is 0.330 e. The molecule has 1 rings (SSSR count). The normalized spacial score (nSPS) is 24.3. The Morgan fingerprint density at radius 3 is 2.80 bits per heavy atom. The lowest BCUT2D eigenvalue weighted by molar-refractivity contribution is 0.423. The zero-order valence-corrected chi connectivity index (χ0v) is 10.8. The third kappa shape index (κ3) is 4.30. The summed E-state index contributed by atoms with van der Waals surface area (Å²) >= 11 is 1.84. The lowest BCUT2D eigenvalue weighted by Gasteiger charge is -2.29. The third-order valence-corrected chi connectivity index (χ3v) is 5.51. The van der Waals surface area contributed by atoms with E-state index in [1.165, 1.54) is 0 Å². The highest BCUT2D eigenvalue weighted by Gasteiger charge is 2.26. The van der Waals surface area contributed by atoms with Gasteiger partial charge in [0.1, 0.15) is 0 Å². The maximum Gasteiger partial charge on any atom is 0.214 e. The van der Waals surface area contributed by atoms with E-state index in [0.29, 0.717) is 31.3 Å². The number of sulfonamides is 1. The van der Waals surface area contributed by atoms with Crippen LogP contribution in [0.4, 0.5) is 0 Å². The summed E-state index contributed by atoms with van der Waals surface area (Å²) in [6, 6.07) is 0. The number of unbranched alkanes of at least 4 members (excludes halogenated alkanes) is 1. The van der Waals surface area contributed by atoms with E-state index < -0.39 is 10.0 Å². The lowest BCUT2D eigenvalue weighted by atomic mass is 10.3. The Morgan fingerprint density at radius 2 is 2.20 bits per heavy atom. The molecule has 1 atom stereocenters. The molecule has 1 aliphatic heterocycles. The summed E-state index contributed by atoms with van der Waals surface area (Å²) in [6.07, 6.45) is 1.47. The van der Waals surface area contributed by atoms with Gasteiger partial charge in [-0.2, -0.15) is 11.8 Å². The van der Waals surface area contributed by atoms with Crippen LogP contribution in [0.3, 0.4) is 0 Å². The number of nitrogens with two attached hydrogens (primary N) is 1. The minimum Gasteiger partial charge on any atom is -0.330 e. The van der Waals surface area contributed by atoms with Crippen LogP contribution in [0.1, 0.15) is 19.8 Å². The van der Waals surface area contributed by atoms with Crippen molar-refractivity contribution in [2.24, 2.45) is 5.73 Å². The highest BCUT2D eigenvalue weighted by molar-refractivity contribution is 8.00. The summed E-state index contributed by atoms with van der Waals surface area (Å²) in [4.78, 5) is 0. The van der Waals surface area contributed by atoms with E-state index >= 15 is 0 Å². The standard InChI is InChI=1S/C9H20N2O2S2/c1-9-8-11(5-6-14-9)15(12,13)7-3-2-4-10/h9H,2-8,10H2,1H3. The second-order valence-corrected chi connectivity index (χ2v) is 7.49. The van der Waals surface area contributed by atoms with E-state index in [2.05, 4.69) is 6.92 Å². The zero-order chi connectivity index (χ0) is 11.3. The van der Waals surface area contributed by atoms with Gasteiger partial charge >= 0.3 is 0 Å². The van der Waals surface area contributed by atoms with Crippen molar-refractivity contribution >= 4 is 21.8 Å². The van der Waals surface area contributed by atoms with E-state index in [1.54, 1.807) is 4.31 Å². The van der Waals surface area contributed by atoms with Gasteiger partial charge in [0.05, 0.1) is 5.75 Å². The maximum absolute atomic E-state index is 11.9. The average molecular weight is 252 g/mol. The van der Waals surface area contributed by atoms with Crippen molar-refractivity contribution in [3.8, 4) is 0 Å². The predicted octanol–water partition coefficient (Wildman–Crippen LogP) is 0.492. The van der Waals surface area contributed by atoms with E-state index in [0.717, 1.165) is 12.2 Å². The maximum atomic E-state index is 11.9. The molecule has 1 saturated heterocycles. The van der Waals surface area contributed by atoms with Crippen molar-refractivity contribution in [1.82, 2.24) is 4.31 Å². The van der Waals surface area contributed by atoms with E-state index in [1.807, 2.05) is 11.8 Å². The molecular weight excluding hydrogens is 232 g/mol. The first-order chi connectivity index (χ1) is 7.06. The van der Waals surface area contributed by atoms with Crippen molar-refractivity contribution in [3.05, 3.63) is 0 Å². The van der Waals surface area contributed by atoms with Crippen LogP contribution in [0, 0.1) is 0 Å². The zero-order valence-electron chi connectivity index (χ0n) is 9.18. The van der Waals surface area contributed by atoms with Crippen molar-refractivity contribution in [2.45, 2.75) is 25.0 Å². The first-order valence-corrected chi connectivity index (χ1v) is 8.01. The van der Waals surface area contributed by atoms with Gasteiger partial charge in [0.15, 0.2) is 0 Å². The van der Waals surface area contributed by atoms with E-state index in [-0.39, 0.29) is 5.75 Å². The topological polar surface area (TPSA) is 63.4 Å². The summed E-state index contributed by atoms with van der Waals surface area (Å²) in [5.41, 5.74) is 5.35. The molecule has 1 fully saturated rings. The fourth-order valence-electron chi connectivity index (χ4n) is 1.60.